The Kier molecular flexibility index (Phi) is 6.88. The summed E-state index contributed by atoms with van der Waals surface area (Å²) in [6.45, 7) is 6.86. The van der Waals surface area contributed by atoms with Gasteiger partial charge in [-0.3, -0.25) is 9.69 Å². The molecule has 0 bridgehead atoms. The first kappa shape index (κ1) is 21.8. The summed E-state index contributed by atoms with van der Waals surface area (Å²) in [5.41, 5.74) is 1.96. The standard InChI is InChI=1S/C24H30ClN5O/c1-17-18(2)30(24-26-11-6-12-27-24)16-21(17)23(31)28-15-22(29-13-4-3-5-14-29)19-7-9-20(25)10-8-19/h6-12,16-18,22H,3-5,13-15H2,1-2H3,(H,28,31). The summed E-state index contributed by atoms with van der Waals surface area (Å²) in [6, 6.07) is 10.1. The Balaban J connectivity index is 1.48. The first-order valence-corrected chi connectivity index (χ1v) is 11.5. The highest BCUT2D eigenvalue weighted by atomic mass is 35.5. The molecule has 2 aromatic rings. The highest BCUT2D eigenvalue weighted by molar-refractivity contribution is 6.30. The van der Waals surface area contributed by atoms with Gasteiger partial charge in [0.15, 0.2) is 0 Å². The van der Waals surface area contributed by atoms with Crippen LogP contribution in [0.2, 0.25) is 5.02 Å². The van der Waals surface area contributed by atoms with Gasteiger partial charge in [0.05, 0.1) is 6.04 Å². The molecule has 1 aromatic heterocycles. The first-order valence-electron chi connectivity index (χ1n) is 11.1. The maximum Gasteiger partial charge on any atom is 0.249 e. The first-order chi connectivity index (χ1) is 15.0. The zero-order valence-corrected chi connectivity index (χ0v) is 18.9. The molecule has 4 rings (SSSR count). The van der Waals surface area contributed by atoms with E-state index < -0.39 is 0 Å². The van der Waals surface area contributed by atoms with Crippen molar-refractivity contribution in [1.29, 1.82) is 0 Å². The summed E-state index contributed by atoms with van der Waals surface area (Å²) < 4.78 is 0. The van der Waals surface area contributed by atoms with Crippen LogP contribution < -0.4 is 10.2 Å². The summed E-state index contributed by atoms with van der Waals surface area (Å²) in [5, 5.41) is 3.94. The fraction of sp³-hybridized carbons (Fsp3) is 0.458. The van der Waals surface area contributed by atoms with E-state index in [0.29, 0.717) is 12.5 Å². The van der Waals surface area contributed by atoms with Crippen LogP contribution in [0.1, 0.15) is 44.7 Å². The molecule has 7 heteroatoms. The lowest BCUT2D eigenvalue weighted by Gasteiger charge is -2.35. The van der Waals surface area contributed by atoms with Gasteiger partial charge in [-0.25, -0.2) is 9.97 Å². The van der Waals surface area contributed by atoms with Gasteiger partial charge in [-0.1, -0.05) is 37.1 Å². The molecule has 1 aromatic carbocycles. The number of rotatable bonds is 6. The number of amides is 1. The number of aromatic nitrogens is 2. The lowest BCUT2D eigenvalue weighted by Crippen LogP contribution is -2.41. The van der Waals surface area contributed by atoms with Crippen molar-refractivity contribution in [3.63, 3.8) is 0 Å². The van der Waals surface area contributed by atoms with Gasteiger partial charge in [0.1, 0.15) is 0 Å². The second-order valence-electron chi connectivity index (χ2n) is 8.44. The highest BCUT2D eigenvalue weighted by Crippen LogP contribution is 2.31. The number of likely N-dealkylation sites (tertiary alicyclic amines) is 1. The number of carbonyl (C=O) groups excluding carboxylic acids is 1. The summed E-state index contributed by atoms with van der Waals surface area (Å²) in [4.78, 5) is 26.3. The number of piperidine rings is 1. The van der Waals surface area contributed by atoms with E-state index in [2.05, 4.69) is 46.2 Å². The number of nitrogens with zero attached hydrogens (tertiary/aromatic N) is 4. The third kappa shape index (κ3) is 4.91. The number of carbonyl (C=O) groups is 1. The molecule has 31 heavy (non-hydrogen) atoms. The quantitative estimate of drug-likeness (QED) is 0.730. The Bertz CT molecular complexity index is 911. The maximum absolute atomic E-state index is 13.2. The average Bonchev–Trinajstić information content (AvgIpc) is 3.11. The zero-order valence-electron chi connectivity index (χ0n) is 18.2. The van der Waals surface area contributed by atoms with E-state index >= 15 is 0 Å². The normalized spacial score (nSPS) is 22.8. The molecule has 2 aliphatic rings. The van der Waals surface area contributed by atoms with Crippen molar-refractivity contribution in [3.8, 4) is 0 Å². The molecule has 3 unspecified atom stereocenters. The van der Waals surface area contributed by atoms with Crippen LogP contribution in [0, 0.1) is 5.92 Å². The second kappa shape index (κ2) is 9.79. The predicted octanol–water partition coefficient (Wildman–Crippen LogP) is 4.20. The summed E-state index contributed by atoms with van der Waals surface area (Å²) in [7, 11) is 0. The molecule has 1 amide bonds. The number of hydrogen-bond acceptors (Lipinski definition) is 5. The Morgan fingerprint density at radius 3 is 2.48 bits per heavy atom. The molecule has 164 valence electrons. The summed E-state index contributed by atoms with van der Waals surface area (Å²) in [6.07, 6.45) is 9.02. The molecule has 0 spiro atoms. The van der Waals surface area contributed by atoms with E-state index in [1.807, 2.05) is 23.2 Å². The van der Waals surface area contributed by atoms with E-state index in [1.165, 1.54) is 24.8 Å². The largest absolute Gasteiger partial charge is 0.350 e. The van der Waals surface area contributed by atoms with E-state index in [1.54, 1.807) is 18.5 Å². The fourth-order valence-electron chi connectivity index (χ4n) is 4.48. The third-order valence-corrected chi connectivity index (χ3v) is 6.77. The van der Waals surface area contributed by atoms with Gasteiger partial charge in [0, 0.05) is 47.7 Å². The second-order valence-corrected chi connectivity index (χ2v) is 8.88. The minimum atomic E-state index is -0.0197. The summed E-state index contributed by atoms with van der Waals surface area (Å²) in [5.74, 6) is 0.693. The smallest absolute Gasteiger partial charge is 0.249 e. The van der Waals surface area contributed by atoms with Crippen molar-refractivity contribution < 1.29 is 4.79 Å². The fourth-order valence-corrected chi connectivity index (χ4v) is 4.61. The zero-order chi connectivity index (χ0) is 21.8. The Morgan fingerprint density at radius 2 is 1.81 bits per heavy atom. The molecular formula is C24H30ClN5O. The van der Waals surface area contributed by atoms with Crippen molar-refractivity contribution in [2.75, 3.05) is 24.5 Å². The summed E-state index contributed by atoms with van der Waals surface area (Å²) >= 11 is 6.10. The van der Waals surface area contributed by atoms with Crippen LogP contribution in [0.4, 0.5) is 5.95 Å². The van der Waals surface area contributed by atoms with Crippen LogP contribution in [0.3, 0.4) is 0 Å². The van der Waals surface area contributed by atoms with Crippen molar-refractivity contribution >= 4 is 23.5 Å². The van der Waals surface area contributed by atoms with Crippen molar-refractivity contribution in [3.05, 3.63) is 65.1 Å². The topological polar surface area (TPSA) is 61.4 Å². The van der Waals surface area contributed by atoms with Crippen molar-refractivity contribution in [2.45, 2.75) is 45.2 Å². The van der Waals surface area contributed by atoms with Gasteiger partial charge < -0.3 is 10.2 Å². The number of hydrogen-bond donors (Lipinski definition) is 1. The molecule has 1 saturated heterocycles. The molecule has 3 atom stereocenters. The molecule has 1 N–H and O–H groups in total. The van der Waals surface area contributed by atoms with Gasteiger partial charge in [-0.2, -0.15) is 0 Å². The van der Waals surface area contributed by atoms with E-state index in [-0.39, 0.29) is 23.9 Å². The molecule has 0 radical (unpaired) electrons. The lowest BCUT2D eigenvalue weighted by molar-refractivity contribution is -0.118. The van der Waals surface area contributed by atoms with Gasteiger partial charge in [-0.05, 0) is 56.6 Å². The molecular weight excluding hydrogens is 410 g/mol. The van der Waals surface area contributed by atoms with Crippen LogP contribution in [-0.2, 0) is 4.79 Å². The highest BCUT2D eigenvalue weighted by Gasteiger charge is 2.34. The number of anilines is 1. The molecule has 6 nitrogen and oxygen atoms in total. The minimum absolute atomic E-state index is 0.0197. The van der Waals surface area contributed by atoms with Crippen LogP contribution >= 0.6 is 11.6 Å². The van der Waals surface area contributed by atoms with E-state index in [9.17, 15) is 4.79 Å². The number of halogens is 1. The Labute approximate surface area is 189 Å². The van der Waals surface area contributed by atoms with Gasteiger partial charge in [0.2, 0.25) is 11.9 Å². The maximum atomic E-state index is 13.2. The third-order valence-electron chi connectivity index (χ3n) is 6.52. The Hall–Kier alpha value is -2.44. The number of nitrogens with one attached hydrogen (secondary N) is 1. The van der Waals surface area contributed by atoms with Gasteiger partial charge >= 0.3 is 0 Å². The number of benzene rings is 1. The van der Waals surface area contributed by atoms with Gasteiger partial charge in [0.25, 0.3) is 0 Å². The van der Waals surface area contributed by atoms with Crippen molar-refractivity contribution in [2.24, 2.45) is 5.92 Å². The minimum Gasteiger partial charge on any atom is -0.350 e. The van der Waals surface area contributed by atoms with Crippen molar-refractivity contribution in [1.82, 2.24) is 20.2 Å². The lowest BCUT2D eigenvalue weighted by atomic mass is 9.97. The van der Waals surface area contributed by atoms with Crippen LogP contribution in [0.25, 0.3) is 0 Å². The Morgan fingerprint density at radius 1 is 1.13 bits per heavy atom. The molecule has 3 heterocycles. The van der Waals surface area contributed by atoms with Crippen LogP contribution in [0.15, 0.2) is 54.5 Å². The molecule has 0 saturated carbocycles. The van der Waals surface area contributed by atoms with Gasteiger partial charge in [-0.15, -0.1) is 0 Å². The van der Waals surface area contributed by atoms with Crippen LogP contribution in [0.5, 0.6) is 0 Å². The molecule has 1 fully saturated rings. The van der Waals surface area contributed by atoms with E-state index in [0.717, 1.165) is 23.7 Å². The van der Waals surface area contributed by atoms with Crippen LogP contribution in [-0.4, -0.2) is 46.5 Å². The monoisotopic (exact) mass is 439 g/mol. The SMILES string of the molecule is CC1C(C(=O)NCC(c2ccc(Cl)cc2)N2CCCCC2)=CN(c2ncccn2)C1C. The average molecular weight is 440 g/mol. The predicted molar refractivity (Wildman–Crippen MR) is 124 cm³/mol. The molecule has 0 aliphatic carbocycles. The molecule has 2 aliphatic heterocycles. The van der Waals surface area contributed by atoms with E-state index in [4.69, 9.17) is 11.6 Å².